The van der Waals surface area contributed by atoms with Crippen LogP contribution in [0, 0.1) is 5.92 Å². The van der Waals surface area contributed by atoms with Gasteiger partial charge in [-0.15, -0.1) is 11.3 Å². The average molecular weight is 413 g/mol. The number of rotatable bonds is 9. The van der Waals surface area contributed by atoms with Gasteiger partial charge in [-0.05, 0) is 33.6 Å². The summed E-state index contributed by atoms with van der Waals surface area (Å²) in [5.74, 6) is -0.945. The molecule has 1 N–H and O–H groups in total. The molecule has 7 nitrogen and oxygen atoms in total. The molecule has 0 fully saturated rings. The van der Waals surface area contributed by atoms with Gasteiger partial charge in [0.05, 0.1) is 6.61 Å². The third kappa shape index (κ3) is 7.59. The topological polar surface area (TPSA) is 89.0 Å². The van der Waals surface area contributed by atoms with Crippen LogP contribution in [-0.4, -0.2) is 52.4 Å². The van der Waals surface area contributed by atoms with Crippen LogP contribution in [0.25, 0.3) is 0 Å². The van der Waals surface area contributed by atoms with E-state index < -0.39 is 23.8 Å². The molecule has 0 radical (unpaired) electrons. The molecule has 28 heavy (non-hydrogen) atoms. The van der Waals surface area contributed by atoms with Crippen LogP contribution in [0.5, 0.6) is 0 Å². The van der Waals surface area contributed by atoms with E-state index in [2.05, 4.69) is 11.6 Å². The SMILES string of the molecule is C=C(C)CO[C@H](C[C@H](C(C)C)N(C)C(=O)OC(C)(C)C)c1nc(C(=O)O)cs1. The summed E-state index contributed by atoms with van der Waals surface area (Å²) in [6.45, 7) is 15.5. The van der Waals surface area contributed by atoms with Gasteiger partial charge in [0, 0.05) is 24.9 Å². The minimum atomic E-state index is -1.08. The average Bonchev–Trinajstić information content (AvgIpc) is 3.02. The Labute approximate surface area is 171 Å². The van der Waals surface area contributed by atoms with Gasteiger partial charge in [0.1, 0.15) is 16.7 Å². The number of carboxylic acid groups (broad SMARTS) is 1. The Hall–Kier alpha value is -1.93. The van der Waals surface area contributed by atoms with Crippen LogP contribution in [0.2, 0.25) is 0 Å². The van der Waals surface area contributed by atoms with Crippen molar-refractivity contribution in [3.63, 3.8) is 0 Å². The number of nitrogens with zero attached hydrogens (tertiary/aromatic N) is 2. The molecule has 0 aliphatic carbocycles. The van der Waals surface area contributed by atoms with Crippen LogP contribution in [0.3, 0.4) is 0 Å². The van der Waals surface area contributed by atoms with Crippen LogP contribution in [0.4, 0.5) is 4.79 Å². The highest BCUT2D eigenvalue weighted by molar-refractivity contribution is 7.09. The van der Waals surface area contributed by atoms with E-state index in [-0.39, 0.29) is 17.7 Å². The highest BCUT2D eigenvalue weighted by Crippen LogP contribution is 2.31. The number of amides is 1. The fourth-order valence-corrected chi connectivity index (χ4v) is 3.44. The van der Waals surface area contributed by atoms with Crippen molar-refractivity contribution in [2.45, 2.75) is 65.7 Å². The van der Waals surface area contributed by atoms with Crippen molar-refractivity contribution in [1.29, 1.82) is 0 Å². The van der Waals surface area contributed by atoms with E-state index in [0.717, 1.165) is 5.57 Å². The Morgan fingerprint density at radius 3 is 2.39 bits per heavy atom. The van der Waals surface area contributed by atoms with Crippen molar-refractivity contribution in [3.05, 3.63) is 28.2 Å². The summed E-state index contributed by atoms with van der Waals surface area (Å²) in [5, 5.41) is 11.2. The van der Waals surface area contributed by atoms with Gasteiger partial charge in [0.15, 0.2) is 5.69 Å². The molecular formula is C20H32N2O5S. The van der Waals surface area contributed by atoms with E-state index in [9.17, 15) is 9.59 Å². The number of thiazole rings is 1. The summed E-state index contributed by atoms with van der Waals surface area (Å²) >= 11 is 1.24. The third-order valence-corrected chi connectivity index (χ3v) is 4.89. The molecule has 0 unspecified atom stereocenters. The van der Waals surface area contributed by atoms with Crippen molar-refractivity contribution in [3.8, 4) is 0 Å². The summed E-state index contributed by atoms with van der Waals surface area (Å²) in [6, 6.07) is -0.179. The van der Waals surface area contributed by atoms with Gasteiger partial charge in [-0.3, -0.25) is 0 Å². The first-order valence-corrected chi connectivity index (χ1v) is 10.1. The lowest BCUT2D eigenvalue weighted by atomic mass is 9.96. The lowest BCUT2D eigenvalue weighted by Crippen LogP contribution is -2.44. The molecule has 0 aromatic carbocycles. The monoisotopic (exact) mass is 412 g/mol. The Kier molecular flexibility index (Phi) is 8.63. The smallest absolute Gasteiger partial charge is 0.410 e. The van der Waals surface area contributed by atoms with E-state index in [1.807, 2.05) is 41.5 Å². The molecule has 0 bridgehead atoms. The minimum Gasteiger partial charge on any atom is -0.476 e. The maximum Gasteiger partial charge on any atom is 0.410 e. The zero-order valence-electron chi connectivity index (χ0n) is 17.8. The Morgan fingerprint density at radius 2 is 1.96 bits per heavy atom. The predicted octanol–water partition coefficient (Wildman–Crippen LogP) is 4.76. The Bertz CT molecular complexity index is 693. The van der Waals surface area contributed by atoms with Crippen LogP contribution >= 0.6 is 11.3 Å². The lowest BCUT2D eigenvalue weighted by molar-refractivity contribution is 0.000640. The van der Waals surface area contributed by atoms with Crippen molar-refractivity contribution in [1.82, 2.24) is 9.88 Å². The van der Waals surface area contributed by atoms with Crippen LogP contribution in [0.1, 0.15) is 69.6 Å². The first-order valence-electron chi connectivity index (χ1n) is 9.22. The standard InChI is InChI=1S/C20H32N2O5S/c1-12(2)10-26-16(17-21-14(11-28-17)18(23)24)9-15(13(3)4)22(8)19(25)27-20(5,6)7/h11,13,15-16H,1,9-10H2,2-8H3,(H,23,24)/t15-,16-/m1/s1. The molecular weight excluding hydrogens is 380 g/mol. The van der Waals surface area contributed by atoms with Gasteiger partial charge in [-0.25, -0.2) is 14.6 Å². The van der Waals surface area contributed by atoms with Crippen molar-refractivity contribution in [2.75, 3.05) is 13.7 Å². The number of aromatic nitrogens is 1. The fourth-order valence-electron chi connectivity index (χ4n) is 2.58. The molecule has 0 spiro atoms. The number of hydrogen-bond donors (Lipinski definition) is 1. The summed E-state index contributed by atoms with van der Waals surface area (Å²) in [6.07, 6.45) is -0.393. The second kappa shape index (κ2) is 10.0. The number of hydrogen-bond acceptors (Lipinski definition) is 6. The molecule has 8 heteroatoms. The van der Waals surface area contributed by atoms with Crippen molar-refractivity contribution >= 4 is 23.4 Å². The molecule has 0 saturated heterocycles. The van der Waals surface area contributed by atoms with E-state index in [1.54, 1.807) is 11.9 Å². The van der Waals surface area contributed by atoms with Crippen LogP contribution < -0.4 is 0 Å². The molecule has 0 aliphatic heterocycles. The zero-order chi connectivity index (χ0) is 21.6. The summed E-state index contributed by atoms with van der Waals surface area (Å²) < 4.78 is 11.5. The largest absolute Gasteiger partial charge is 0.476 e. The molecule has 1 amide bonds. The zero-order valence-corrected chi connectivity index (χ0v) is 18.6. The van der Waals surface area contributed by atoms with Gasteiger partial charge < -0.3 is 19.5 Å². The van der Waals surface area contributed by atoms with Crippen molar-refractivity contribution < 1.29 is 24.2 Å². The molecule has 1 heterocycles. The van der Waals surface area contributed by atoms with Gasteiger partial charge >= 0.3 is 12.1 Å². The molecule has 1 aromatic rings. The summed E-state index contributed by atoms with van der Waals surface area (Å²) in [5.41, 5.74) is 0.251. The van der Waals surface area contributed by atoms with Crippen molar-refractivity contribution in [2.24, 2.45) is 5.92 Å². The maximum absolute atomic E-state index is 12.5. The normalized spacial score (nSPS) is 13.9. The first-order chi connectivity index (χ1) is 12.8. The van der Waals surface area contributed by atoms with E-state index in [0.29, 0.717) is 18.0 Å². The fraction of sp³-hybridized carbons (Fsp3) is 0.650. The second-order valence-corrected chi connectivity index (χ2v) is 9.16. The van der Waals surface area contributed by atoms with E-state index in [1.165, 1.54) is 16.7 Å². The minimum absolute atomic E-state index is 0.00878. The van der Waals surface area contributed by atoms with Gasteiger partial charge in [0.2, 0.25) is 0 Å². The number of carbonyl (C=O) groups excluding carboxylic acids is 1. The molecule has 0 aliphatic rings. The predicted molar refractivity (Wildman–Crippen MR) is 110 cm³/mol. The molecule has 0 saturated carbocycles. The van der Waals surface area contributed by atoms with Gasteiger partial charge in [-0.2, -0.15) is 0 Å². The highest BCUT2D eigenvalue weighted by Gasteiger charge is 2.31. The van der Waals surface area contributed by atoms with E-state index in [4.69, 9.17) is 14.6 Å². The highest BCUT2D eigenvalue weighted by atomic mass is 32.1. The Morgan fingerprint density at radius 1 is 1.36 bits per heavy atom. The number of ether oxygens (including phenoxy) is 2. The Balaban J connectivity index is 3.07. The van der Waals surface area contributed by atoms with Gasteiger partial charge in [-0.1, -0.05) is 26.0 Å². The van der Waals surface area contributed by atoms with Gasteiger partial charge in [0.25, 0.3) is 0 Å². The molecule has 158 valence electrons. The molecule has 2 atom stereocenters. The van der Waals surface area contributed by atoms with Crippen LogP contribution in [0.15, 0.2) is 17.5 Å². The lowest BCUT2D eigenvalue weighted by Gasteiger charge is -2.34. The van der Waals surface area contributed by atoms with Crippen LogP contribution in [-0.2, 0) is 9.47 Å². The maximum atomic E-state index is 12.5. The second-order valence-electron chi connectivity index (χ2n) is 8.27. The summed E-state index contributed by atoms with van der Waals surface area (Å²) in [7, 11) is 1.71. The number of carbonyl (C=O) groups is 2. The molecule has 1 rings (SSSR count). The number of aromatic carboxylic acids is 1. The first kappa shape index (κ1) is 24.1. The van der Waals surface area contributed by atoms with E-state index >= 15 is 0 Å². The quantitative estimate of drug-likeness (QED) is 0.588. The third-order valence-electron chi connectivity index (χ3n) is 3.95. The number of carboxylic acids is 1. The molecule has 1 aromatic heterocycles. The summed E-state index contributed by atoms with van der Waals surface area (Å²) in [4.78, 5) is 29.5.